The van der Waals surface area contributed by atoms with E-state index in [0.717, 1.165) is 0 Å². The van der Waals surface area contributed by atoms with Crippen molar-refractivity contribution in [2.24, 2.45) is 5.92 Å². The van der Waals surface area contributed by atoms with Gasteiger partial charge in [0, 0.05) is 0 Å². The smallest absolute Gasteiger partial charge is 0.247 e. The number of hydrogen-bond donors (Lipinski definition) is 0. The van der Waals surface area contributed by atoms with E-state index < -0.39 is 5.97 Å². The Balaban J connectivity index is 3.67. The fraction of sp³-hybridized carbons (Fsp3) is 0.571. The van der Waals surface area contributed by atoms with Gasteiger partial charge in [-0.3, -0.25) is 0 Å². The van der Waals surface area contributed by atoms with Gasteiger partial charge in [0.1, 0.15) is 0 Å². The van der Waals surface area contributed by atoms with Crippen LogP contribution in [-0.4, -0.2) is 5.97 Å². The first-order chi connectivity index (χ1) is 4.22. The van der Waals surface area contributed by atoms with Crippen molar-refractivity contribution in [1.29, 1.82) is 0 Å². The molecule has 1 unspecified atom stereocenters. The zero-order chi connectivity index (χ0) is 7.28. The van der Waals surface area contributed by atoms with Crippen LogP contribution in [0.1, 0.15) is 19.8 Å². The fourth-order valence-electron chi connectivity index (χ4n) is 0.631. The maximum atomic E-state index is 10.2. The van der Waals surface area contributed by atoms with Crippen LogP contribution < -0.4 is 0 Å². The van der Waals surface area contributed by atoms with Crippen LogP contribution in [0.25, 0.3) is 0 Å². The van der Waals surface area contributed by atoms with Crippen molar-refractivity contribution < 1.29 is 9.90 Å². The monoisotopic (exact) mass is 127 g/mol. The second kappa shape index (κ2) is 4.13. The Morgan fingerprint density at radius 3 is 2.44 bits per heavy atom. The van der Waals surface area contributed by atoms with Gasteiger partial charge in [-0.2, -0.15) is 0 Å². The minimum absolute atomic E-state index is 0.345. The van der Waals surface area contributed by atoms with E-state index in [2.05, 4.69) is 6.58 Å². The van der Waals surface area contributed by atoms with Gasteiger partial charge in [-0.05, 0) is 12.8 Å². The van der Waals surface area contributed by atoms with E-state index in [4.69, 9.17) is 0 Å². The summed E-state index contributed by atoms with van der Waals surface area (Å²) in [5, 5.41) is 10.2. The van der Waals surface area contributed by atoms with Gasteiger partial charge in [0.05, 0.1) is 5.92 Å². The van der Waals surface area contributed by atoms with E-state index in [-0.39, 0.29) is 5.92 Å². The Kier molecular flexibility index (Phi) is 3.76. The lowest BCUT2D eigenvalue weighted by molar-refractivity contribution is -0.148. The molecule has 0 N–H and O–H groups in total. The molecule has 0 aliphatic heterocycles. The predicted octanol–water partition coefficient (Wildman–Crippen LogP) is 1.55. The molecule has 2 nitrogen and oxygen atoms in total. The highest BCUT2D eigenvalue weighted by atomic mass is 16.4. The highest BCUT2D eigenvalue weighted by Gasteiger charge is 2.13. The molecule has 0 amide bonds. The zero-order valence-corrected chi connectivity index (χ0v) is 5.59. The van der Waals surface area contributed by atoms with Crippen LogP contribution in [0, 0.1) is 5.92 Å². The molecule has 0 saturated heterocycles. The molecule has 2 heteroatoms. The first kappa shape index (κ1) is 8.21. The lowest BCUT2D eigenvalue weighted by atomic mass is 10.0. The van der Waals surface area contributed by atoms with Crippen LogP contribution in [0.4, 0.5) is 0 Å². The molecule has 0 heterocycles. The molecule has 0 bridgehead atoms. The van der Waals surface area contributed by atoms with Crippen LogP contribution in [0.5, 0.6) is 0 Å². The highest BCUT2D eigenvalue weighted by molar-refractivity contribution is 5.69. The van der Waals surface area contributed by atoms with Crippen LogP contribution in [0.2, 0.25) is 0 Å². The molecular formula is C7H11O2. The summed E-state index contributed by atoms with van der Waals surface area (Å²) in [5.41, 5.74) is 0. The van der Waals surface area contributed by atoms with Gasteiger partial charge in [-0.15, -0.1) is 6.58 Å². The average Bonchev–Trinajstić information content (AvgIpc) is 1.82. The summed E-state index contributed by atoms with van der Waals surface area (Å²) in [5.74, 6) is -1.32. The van der Waals surface area contributed by atoms with Crippen molar-refractivity contribution in [3.05, 3.63) is 12.7 Å². The summed E-state index contributed by atoms with van der Waals surface area (Å²) in [6.45, 7) is 5.26. The van der Waals surface area contributed by atoms with Crippen molar-refractivity contribution in [2.45, 2.75) is 19.8 Å². The molecule has 0 rings (SSSR count). The standard InChI is InChI=1S/C7H11O2/c1-3-5-6(4-2)7(8)9/h3,6H,1,4-5H2,2H3. The summed E-state index contributed by atoms with van der Waals surface area (Å²) in [6.07, 6.45) is 2.73. The topological polar surface area (TPSA) is 37.0 Å². The zero-order valence-electron chi connectivity index (χ0n) is 5.59. The van der Waals surface area contributed by atoms with Crippen molar-refractivity contribution in [2.75, 3.05) is 0 Å². The Morgan fingerprint density at radius 1 is 1.78 bits per heavy atom. The Morgan fingerprint density at radius 2 is 2.33 bits per heavy atom. The second-order valence-corrected chi connectivity index (χ2v) is 1.95. The third kappa shape index (κ3) is 2.90. The minimum atomic E-state index is -0.975. The van der Waals surface area contributed by atoms with E-state index in [0.29, 0.717) is 12.8 Å². The van der Waals surface area contributed by atoms with Gasteiger partial charge >= 0.3 is 5.97 Å². The summed E-state index contributed by atoms with van der Waals surface area (Å²) in [6, 6.07) is 0. The van der Waals surface area contributed by atoms with Crippen molar-refractivity contribution in [1.82, 2.24) is 0 Å². The third-order valence-corrected chi connectivity index (χ3v) is 1.28. The normalized spacial score (nSPS) is 12.6. The maximum Gasteiger partial charge on any atom is 0.358 e. The molecule has 0 aliphatic carbocycles. The molecule has 0 aromatic carbocycles. The van der Waals surface area contributed by atoms with E-state index >= 15 is 0 Å². The van der Waals surface area contributed by atoms with Gasteiger partial charge in [0.25, 0.3) is 0 Å². The number of carbonyl (C=O) groups is 1. The lowest BCUT2D eigenvalue weighted by Crippen LogP contribution is -2.09. The molecule has 1 radical (unpaired) electrons. The van der Waals surface area contributed by atoms with Crippen molar-refractivity contribution in [3.63, 3.8) is 0 Å². The van der Waals surface area contributed by atoms with Crippen LogP contribution in [-0.2, 0) is 9.90 Å². The average molecular weight is 127 g/mol. The van der Waals surface area contributed by atoms with Crippen LogP contribution >= 0.6 is 0 Å². The minimum Gasteiger partial charge on any atom is -0.247 e. The van der Waals surface area contributed by atoms with E-state index in [1.807, 2.05) is 6.92 Å². The summed E-state index contributed by atoms with van der Waals surface area (Å²) >= 11 is 0. The molecule has 0 aromatic heterocycles. The van der Waals surface area contributed by atoms with E-state index in [1.165, 1.54) is 0 Å². The molecule has 0 saturated carbocycles. The van der Waals surface area contributed by atoms with Gasteiger partial charge in [0.2, 0.25) is 0 Å². The van der Waals surface area contributed by atoms with Crippen molar-refractivity contribution in [3.8, 4) is 0 Å². The van der Waals surface area contributed by atoms with Gasteiger partial charge in [-0.1, -0.05) is 13.0 Å². The SMILES string of the molecule is C=CCC(CC)C([O])=O. The Hall–Kier alpha value is -0.790. The summed E-state index contributed by atoms with van der Waals surface area (Å²) < 4.78 is 0. The van der Waals surface area contributed by atoms with Gasteiger partial charge < -0.3 is 0 Å². The van der Waals surface area contributed by atoms with E-state index in [9.17, 15) is 9.90 Å². The van der Waals surface area contributed by atoms with E-state index in [1.54, 1.807) is 6.08 Å². The Bertz CT molecular complexity index is 107. The second-order valence-electron chi connectivity index (χ2n) is 1.95. The number of carbonyl (C=O) groups excluding carboxylic acids is 1. The molecule has 0 spiro atoms. The molecule has 51 valence electrons. The number of rotatable bonds is 4. The highest BCUT2D eigenvalue weighted by Crippen LogP contribution is 2.07. The first-order valence-electron chi connectivity index (χ1n) is 3.04. The number of allylic oxidation sites excluding steroid dienone is 1. The van der Waals surface area contributed by atoms with Crippen LogP contribution in [0.3, 0.4) is 0 Å². The number of hydrogen-bond acceptors (Lipinski definition) is 1. The predicted molar refractivity (Wildman–Crippen MR) is 34.3 cm³/mol. The molecule has 0 aromatic rings. The summed E-state index contributed by atoms with van der Waals surface area (Å²) in [7, 11) is 0. The largest absolute Gasteiger partial charge is 0.358 e. The van der Waals surface area contributed by atoms with Gasteiger partial charge in [0.15, 0.2) is 0 Å². The maximum absolute atomic E-state index is 10.2. The molecular weight excluding hydrogens is 116 g/mol. The third-order valence-electron chi connectivity index (χ3n) is 1.28. The molecule has 0 fully saturated rings. The molecule has 1 atom stereocenters. The molecule has 9 heavy (non-hydrogen) atoms. The molecule has 0 aliphatic rings. The van der Waals surface area contributed by atoms with Gasteiger partial charge in [-0.25, -0.2) is 9.90 Å². The fourth-order valence-corrected chi connectivity index (χ4v) is 0.631. The van der Waals surface area contributed by atoms with Crippen molar-refractivity contribution >= 4 is 5.97 Å². The Labute approximate surface area is 55.2 Å². The van der Waals surface area contributed by atoms with Crippen LogP contribution in [0.15, 0.2) is 12.7 Å². The lowest BCUT2D eigenvalue weighted by Gasteiger charge is -2.01. The summed E-state index contributed by atoms with van der Waals surface area (Å²) in [4.78, 5) is 10.2. The first-order valence-corrected chi connectivity index (χ1v) is 3.04. The quantitative estimate of drug-likeness (QED) is 0.528.